The summed E-state index contributed by atoms with van der Waals surface area (Å²) in [5.41, 5.74) is 4.65. The predicted octanol–water partition coefficient (Wildman–Crippen LogP) is 5.92. The standard InChI is InChI=1S/C28H29N3O3/c1-20-28(29-27(32)17-14-22-12-15-24(33-3)16-13-22)21(2)31(30-20)19-23-8-7-11-26(18-23)34-25-9-5-4-6-10-25/h4-13,15-16,18H,14,17,19H2,1-3H3,(H,29,32). The highest BCUT2D eigenvalue weighted by molar-refractivity contribution is 5.92. The molecule has 1 aromatic heterocycles. The third kappa shape index (κ3) is 5.84. The minimum Gasteiger partial charge on any atom is -0.497 e. The summed E-state index contributed by atoms with van der Waals surface area (Å²) in [6.07, 6.45) is 1.06. The van der Waals surface area contributed by atoms with E-state index in [0.717, 1.165) is 45.5 Å². The summed E-state index contributed by atoms with van der Waals surface area (Å²) in [5, 5.41) is 7.71. The van der Waals surface area contributed by atoms with Crippen molar-refractivity contribution in [3.63, 3.8) is 0 Å². The summed E-state index contributed by atoms with van der Waals surface area (Å²) in [4.78, 5) is 12.6. The first-order chi connectivity index (χ1) is 16.5. The molecule has 0 saturated heterocycles. The highest BCUT2D eigenvalue weighted by Crippen LogP contribution is 2.24. The Kier molecular flexibility index (Phi) is 7.28. The van der Waals surface area contributed by atoms with E-state index in [0.29, 0.717) is 19.4 Å². The fourth-order valence-corrected chi connectivity index (χ4v) is 3.79. The van der Waals surface area contributed by atoms with Gasteiger partial charge in [0.2, 0.25) is 5.91 Å². The molecule has 174 valence electrons. The van der Waals surface area contributed by atoms with E-state index in [9.17, 15) is 4.79 Å². The number of ether oxygens (including phenoxy) is 2. The number of para-hydroxylation sites is 1. The molecule has 34 heavy (non-hydrogen) atoms. The summed E-state index contributed by atoms with van der Waals surface area (Å²) < 4.78 is 13.0. The van der Waals surface area contributed by atoms with E-state index < -0.39 is 0 Å². The van der Waals surface area contributed by atoms with Gasteiger partial charge in [-0.2, -0.15) is 5.10 Å². The van der Waals surface area contributed by atoms with Crippen molar-refractivity contribution < 1.29 is 14.3 Å². The van der Waals surface area contributed by atoms with Crippen LogP contribution in [0.3, 0.4) is 0 Å². The monoisotopic (exact) mass is 455 g/mol. The maximum Gasteiger partial charge on any atom is 0.224 e. The lowest BCUT2D eigenvalue weighted by molar-refractivity contribution is -0.116. The van der Waals surface area contributed by atoms with Crippen LogP contribution in [0.1, 0.15) is 28.9 Å². The highest BCUT2D eigenvalue weighted by Gasteiger charge is 2.15. The number of amides is 1. The normalized spacial score (nSPS) is 10.7. The van der Waals surface area contributed by atoms with Crippen LogP contribution < -0.4 is 14.8 Å². The summed E-state index contributed by atoms with van der Waals surface area (Å²) >= 11 is 0. The molecular formula is C28H29N3O3. The summed E-state index contributed by atoms with van der Waals surface area (Å²) in [5.74, 6) is 2.35. The van der Waals surface area contributed by atoms with Gasteiger partial charge >= 0.3 is 0 Å². The van der Waals surface area contributed by atoms with Gasteiger partial charge < -0.3 is 14.8 Å². The number of rotatable bonds is 9. The van der Waals surface area contributed by atoms with Gasteiger partial charge in [0, 0.05) is 6.42 Å². The number of carbonyl (C=O) groups excluding carboxylic acids is 1. The second kappa shape index (κ2) is 10.7. The molecule has 0 saturated carbocycles. The van der Waals surface area contributed by atoms with Crippen LogP contribution in [0.15, 0.2) is 78.9 Å². The van der Waals surface area contributed by atoms with Gasteiger partial charge in [0.25, 0.3) is 0 Å². The molecule has 0 fully saturated rings. The zero-order valence-corrected chi connectivity index (χ0v) is 19.7. The fraction of sp³-hybridized carbons (Fsp3) is 0.214. The van der Waals surface area contributed by atoms with Gasteiger partial charge in [0.05, 0.1) is 30.7 Å². The van der Waals surface area contributed by atoms with E-state index in [2.05, 4.69) is 10.4 Å². The van der Waals surface area contributed by atoms with Gasteiger partial charge in [-0.25, -0.2) is 0 Å². The van der Waals surface area contributed by atoms with Gasteiger partial charge in [-0.05, 0) is 67.8 Å². The number of nitrogens with zero attached hydrogens (tertiary/aromatic N) is 2. The second-order valence-electron chi connectivity index (χ2n) is 8.16. The highest BCUT2D eigenvalue weighted by atomic mass is 16.5. The average Bonchev–Trinajstić information content (AvgIpc) is 3.11. The number of anilines is 1. The van der Waals surface area contributed by atoms with Crippen molar-refractivity contribution in [3.8, 4) is 17.2 Å². The van der Waals surface area contributed by atoms with Gasteiger partial charge in [0.1, 0.15) is 17.2 Å². The molecule has 0 aliphatic heterocycles. The molecule has 0 radical (unpaired) electrons. The van der Waals surface area contributed by atoms with Crippen molar-refractivity contribution in [2.75, 3.05) is 12.4 Å². The van der Waals surface area contributed by atoms with E-state index in [1.165, 1.54) is 0 Å². The average molecular weight is 456 g/mol. The first-order valence-electron chi connectivity index (χ1n) is 11.3. The third-order valence-electron chi connectivity index (χ3n) is 5.66. The quantitative estimate of drug-likeness (QED) is 0.340. The van der Waals surface area contributed by atoms with Gasteiger partial charge in [-0.15, -0.1) is 0 Å². The van der Waals surface area contributed by atoms with Crippen LogP contribution in [0.2, 0.25) is 0 Å². The Morgan fingerprint density at radius 2 is 1.62 bits per heavy atom. The molecule has 1 heterocycles. The lowest BCUT2D eigenvalue weighted by Crippen LogP contribution is -2.14. The predicted molar refractivity (Wildman–Crippen MR) is 134 cm³/mol. The number of benzene rings is 3. The molecule has 3 aromatic carbocycles. The molecule has 6 nitrogen and oxygen atoms in total. The summed E-state index contributed by atoms with van der Waals surface area (Å²) in [7, 11) is 1.64. The molecule has 0 bridgehead atoms. The number of aryl methyl sites for hydroxylation is 2. The Bertz CT molecular complexity index is 1250. The van der Waals surface area contributed by atoms with E-state index in [1.54, 1.807) is 7.11 Å². The lowest BCUT2D eigenvalue weighted by atomic mass is 10.1. The maximum absolute atomic E-state index is 12.6. The van der Waals surface area contributed by atoms with Crippen LogP contribution in [-0.2, 0) is 17.8 Å². The lowest BCUT2D eigenvalue weighted by Gasteiger charge is -2.10. The molecule has 1 amide bonds. The molecule has 0 atom stereocenters. The maximum atomic E-state index is 12.6. The van der Waals surface area contributed by atoms with Crippen LogP contribution in [0, 0.1) is 13.8 Å². The van der Waals surface area contributed by atoms with Crippen LogP contribution in [0.4, 0.5) is 5.69 Å². The van der Waals surface area contributed by atoms with Crippen molar-refractivity contribution in [1.29, 1.82) is 0 Å². The van der Waals surface area contributed by atoms with Gasteiger partial charge in [0.15, 0.2) is 0 Å². The Balaban J connectivity index is 1.39. The Labute approximate surface area is 200 Å². The molecule has 0 unspecified atom stereocenters. The number of methoxy groups -OCH3 is 1. The molecular weight excluding hydrogens is 426 g/mol. The molecule has 0 aliphatic rings. The summed E-state index contributed by atoms with van der Waals surface area (Å²) in [6, 6.07) is 25.5. The van der Waals surface area contributed by atoms with E-state index >= 15 is 0 Å². The molecule has 1 N–H and O–H groups in total. The van der Waals surface area contributed by atoms with Crippen LogP contribution in [0.5, 0.6) is 17.2 Å². The Morgan fingerprint density at radius 1 is 0.882 bits per heavy atom. The molecule has 4 rings (SSSR count). The molecule has 0 spiro atoms. The van der Waals surface area contributed by atoms with Gasteiger partial charge in [-0.1, -0.05) is 42.5 Å². The first kappa shape index (κ1) is 23.1. The van der Waals surface area contributed by atoms with Crippen LogP contribution >= 0.6 is 0 Å². The smallest absolute Gasteiger partial charge is 0.224 e. The number of carbonyl (C=O) groups is 1. The van der Waals surface area contributed by atoms with Crippen molar-refractivity contribution in [2.45, 2.75) is 33.2 Å². The zero-order chi connectivity index (χ0) is 23.9. The molecule has 4 aromatic rings. The van der Waals surface area contributed by atoms with Crippen molar-refractivity contribution in [3.05, 3.63) is 101 Å². The zero-order valence-electron chi connectivity index (χ0n) is 19.7. The largest absolute Gasteiger partial charge is 0.497 e. The van der Waals surface area contributed by atoms with Gasteiger partial charge in [-0.3, -0.25) is 9.48 Å². The van der Waals surface area contributed by atoms with Crippen molar-refractivity contribution >= 4 is 11.6 Å². The minimum absolute atomic E-state index is 0.0279. The minimum atomic E-state index is -0.0279. The third-order valence-corrected chi connectivity index (χ3v) is 5.66. The Morgan fingerprint density at radius 3 is 2.35 bits per heavy atom. The SMILES string of the molecule is COc1ccc(CCC(=O)Nc2c(C)nn(Cc3cccc(Oc4ccccc4)c3)c2C)cc1. The first-order valence-corrected chi connectivity index (χ1v) is 11.3. The fourth-order valence-electron chi connectivity index (χ4n) is 3.79. The molecule has 0 aliphatic carbocycles. The number of nitrogens with one attached hydrogen (secondary N) is 1. The second-order valence-corrected chi connectivity index (χ2v) is 8.16. The number of hydrogen-bond donors (Lipinski definition) is 1. The topological polar surface area (TPSA) is 65.4 Å². The number of hydrogen-bond acceptors (Lipinski definition) is 4. The van der Waals surface area contributed by atoms with Crippen LogP contribution in [0.25, 0.3) is 0 Å². The summed E-state index contributed by atoms with van der Waals surface area (Å²) in [6.45, 7) is 4.47. The molecule has 6 heteroatoms. The van der Waals surface area contributed by atoms with Crippen molar-refractivity contribution in [2.24, 2.45) is 0 Å². The van der Waals surface area contributed by atoms with Crippen molar-refractivity contribution in [1.82, 2.24) is 9.78 Å². The van der Waals surface area contributed by atoms with E-state index in [-0.39, 0.29) is 5.91 Å². The Hall–Kier alpha value is -4.06. The van der Waals surface area contributed by atoms with E-state index in [1.807, 2.05) is 97.4 Å². The number of aromatic nitrogens is 2. The van der Waals surface area contributed by atoms with Crippen LogP contribution in [-0.4, -0.2) is 22.8 Å². The van der Waals surface area contributed by atoms with E-state index in [4.69, 9.17) is 9.47 Å².